The van der Waals surface area contributed by atoms with Gasteiger partial charge >= 0.3 is 0 Å². The van der Waals surface area contributed by atoms with E-state index in [1.54, 1.807) is 17.9 Å². The Kier molecular flexibility index (Phi) is 7.75. The van der Waals surface area contributed by atoms with Gasteiger partial charge in [-0.05, 0) is 56.0 Å². The zero-order valence-electron chi connectivity index (χ0n) is 17.6. The average molecular weight is 429 g/mol. The Balaban J connectivity index is 1.72. The van der Waals surface area contributed by atoms with E-state index in [-0.39, 0.29) is 31.0 Å². The van der Waals surface area contributed by atoms with Gasteiger partial charge in [0.2, 0.25) is 5.91 Å². The lowest BCUT2D eigenvalue weighted by atomic mass is 10.1. The summed E-state index contributed by atoms with van der Waals surface area (Å²) in [6.45, 7) is 3.85. The fourth-order valence-electron chi connectivity index (χ4n) is 3.75. The van der Waals surface area contributed by atoms with Crippen LogP contribution in [0.3, 0.4) is 0 Å². The van der Waals surface area contributed by atoms with Crippen LogP contribution in [-0.2, 0) is 16.1 Å². The molecule has 0 aromatic heterocycles. The summed E-state index contributed by atoms with van der Waals surface area (Å²) in [7, 11) is 0. The molecule has 1 saturated carbocycles. The maximum atomic E-state index is 13.1. The normalized spacial score (nSPS) is 14.9. The molecule has 1 unspecified atom stereocenters. The third kappa shape index (κ3) is 5.99. The molecule has 0 saturated heterocycles. The number of hydrogen-bond acceptors (Lipinski definition) is 3. The van der Waals surface area contributed by atoms with E-state index in [9.17, 15) is 9.59 Å². The number of para-hydroxylation sites is 1. The highest BCUT2D eigenvalue weighted by atomic mass is 35.5. The molecule has 0 bridgehead atoms. The predicted molar refractivity (Wildman–Crippen MR) is 119 cm³/mol. The van der Waals surface area contributed by atoms with Gasteiger partial charge in [-0.25, -0.2) is 0 Å². The Morgan fingerprint density at radius 1 is 1.17 bits per heavy atom. The molecule has 160 valence electrons. The van der Waals surface area contributed by atoms with Crippen LogP contribution in [0.2, 0.25) is 5.02 Å². The minimum absolute atomic E-state index is 0.131. The van der Waals surface area contributed by atoms with Crippen LogP contribution in [0.4, 0.5) is 0 Å². The Labute approximate surface area is 183 Å². The van der Waals surface area contributed by atoms with Gasteiger partial charge < -0.3 is 15.0 Å². The van der Waals surface area contributed by atoms with Crippen molar-refractivity contribution in [1.82, 2.24) is 10.2 Å². The van der Waals surface area contributed by atoms with Gasteiger partial charge in [0.05, 0.1) is 0 Å². The van der Waals surface area contributed by atoms with E-state index in [1.165, 1.54) is 0 Å². The van der Waals surface area contributed by atoms with Crippen molar-refractivity contribution >= 4 is 23.4 Å². The van der Waals surface area contributed by atoms with Crippen molar-refractivity contribution < 1.29 is 14.3 Å². The van der Waals surface area contributed by atoms with E-state index in [0.29, 0.717) is 10.8 Å². The highest BCUT2D eigenvalue weighted by Gasteiger charge is 2.28. The van der Waals surface area contributed by atoms with Crippen molar-refractivity contribution in [1.29, 1.82) is 0 Å². The van der Waals surface area contributed by atoms with E-state index in [2.05, 4.69) is 5.32 Å². The largest absolute Gasteiger partial charge is 0.484 e. The number of hydrogen-bond donors (Lipinski definition) is 1. The molecule has 1 aliphatic rings. The zero-order valence-corrected chi connectivity index (χ0v) is 18.3. The maximum absolute atomic E-state index is 13.1. The summed E-state index contributed by atoms with van der Waals surface area (Å²) in [6, 6.07) is 14.5. The van der Waals surface area contributed by atoms with Crippen LogP contribution in [-0.4, -0.2) is 35.4 Å². The molecule has 30 heavy (non-hydrogen) atoms. The van der Waals surface area contributed by atoms with E-state index < -0.39 is 6.04 Å². The van der Waals surface area contributed by atoms with Gasteiger partial charge in [-0.1, -0.05) is 54.8 Å². The average Bonchev–Trinajstić information content (AvgIpc) is 3.24. The first-order chi connectivity index (χ1) is 14.4. The second-order valence-corrected chi connectivity index (χ2v) is 8.31. The van der Waals surface area contributed by atoms with E-state index in [1.807, 2.05) is 49.4 Å². The lowest BCUT2D eigenvalue weighted by Gasteiger charge is -2.29. The van der Waals surface area contributed by atoms with Gasteiger partial charge in [0.25, 0.3) is 5.91 Å². The number of halogens is 1. The van der Waals surface area contributed by atoms with Crippen molar-refractivity contribution in [2.75, 3.05) is 6.61 Å². The number of carbonyl (C=O) groups is 2. The first-order valence-electron chi connectivity index (χ1n) is 10.5. The standard InChI is InChI=1S/C24H29ClN2O3/c1-17-8-3-6-13-22(17)30-16-23(28)27(15-19-9-7-10-20(25)14-19)18(2)24(29)26-21-11-4-5-12-21/h3,6-10,13-14,18,21H,4-5,11-12,15-16H2,1-2H3,(H,26,29). The molecule has 2 amide bonds. The fourth-order valence-corrected chi connectivity index (χ4v) is 3.96. The Bertz CT molecular complexity index is 880. The number of benzene rings is 2. The zero-order chi connectivity index (χ0) is 21.5. The third-order valence-electron chi connectivity index (χ3n) is 5.56. The Morgan fingerprint density at radius 3 is 2.60 bits per heavy atom. The summed E-state index contributed by atoms with van der Waals surface area (Å²) in [5, 5.41) is 3.69. The topological polar surface area (TPSA) is 58.6 Å². The highest BCUT2D eigenvalue weighted by molar-refractivity contribution is 6.30. The Morgan fingerprint density at radius 2 is 1.90 bits per heavy atom. The van der Waals surface area contributed by atoms with Crippen LogP contribution >= 0.6 is 11.6 Å². The van der Waals surface area contributed by atoms with Gasteiger partial charge in [-0.15, -0.1) is 0 Å². The minimum atomic E-state index is -0.613. The third-order valence-corrected chi connectivity index (χ3v) is 5.79. The second-order valence-electron chi connectivity index (χ2n) is 7.87. The predicted octanol–water partition coefficient (Wildman–Crippen LogP) is 4.50. The van der Waals surface area contributed by atoms with Crippen molar-refractivity contribution in [3.05, 3.63) is 64.7 Å². The van der Waals surface area contributed by atoms with Crippen molar-refractivity contribution in [3.63, 3.8) is 0 Å². The van der Waals surface area contributed by atoms with Gasteiger partial charge in [0.1, 0.15) is 11.8 Å². The van der Waals surface area contributed by atoms with Crippen LogP contribution in [0, 0.1) is 6.92 Å². The summed E-state index contributed by atoms with van der Waals surface area (Å²) in [5.74, 6) is 0.289. The number of rotatable bonds is 8. The van der Waals surface area contributed by atoms with Gasteiger partial charge in [0.15, 0.2) is 6.61 Å². The smallest absolute Gasteiger partial charge is 0.261 e. The molecule has 2 aromatic rings. The van der Waals surface area contributed by atoms with Crippen LogP contribution in [0.1, 0.15) is 43.7 Å². The van der Waals surface area contributed by atoms with Crippen LogP contribution < -0.4 is 10.1 Å². The summed E-state index contributed by atoms with van der Waals surface area (Å²) < 4.78 is 5.76. The van der Waals surface area contributed by atoms with Gasteiger partial charge in [-0.3, -0.25) is 9.59 Å². The van der Waals surface area contributed by atoms with Gasteiger partial charge in [-0.2, -0.15) is 0 Å². The fraction of sp³-hybridized carbons (Fsp3) is 0.417. The van der Waals surface area contributed by atoms with Crippen LogP contribution in [0.25, 0.3) is 0 Å². The molecule has 3 rings (SSSR count). The molecular formula is C24H29ClN2O3. The molecule has 1 fully saturated rings. The number of aryl methyl sites for hydroxylation is 1. The lowest BCUT2D eigenvalue weighted by molar-refractivity contribution is -0.142. The van der Waals surface area contributed by atoms with Crippen molar-refractivity contribution in [2.45, 2.75) is 58.2 Å². The lowest BCUT2D eigenvalue weighted by Crippen LogP contribution is -2.50. The number of nitrogens with zero attached hydrogens (tertiary/aromatic N) is 1. The molecule has 0 radical (unpaired) electrons. The molecule has 0 heterocycles. The molecule has 0 spiro atoms. The summed E-state index contributed by atoms with van der Waals surface area (Å²) in [4.78, 5) is 27.5. The molecule has 0 aliphatic heterocycles. The molecule has 5 nitrogen and oxygen atoms in total. The molecule has 6 heteroatoms. The molecule has 1 aliphatic carbocycles. The second kappa shape index (κ2) is 10.5. The quantitative estimate of drug-likeness (QED) is 0.673. The first-order valence-corrected chi connectivity index (χ1v) is 10.8. The SMILES string of the molecule is Cc1ccccc1OCC(=O)N(Cc1cccc(Cl)c1)C(C)C(=O)NC1CCCC1. The monoisotopic (exact) mass is 428 g/mol. The minimum Gasteiger partial charge on any atom is -0.484 e. The number of nitrogens with one attached hydrogen (secondary N) is 1. The van der Waals surface area contributed by atoms with Crippen molar-refractivity contribution in [3.8, 4) is 5.75 Å². The molecule has 2 aromatic carbocycles. The van der Waals surface area contributed by atoms with Crippen molar-refractivity contribution in [2.24, 2.45) is 0 Å². The summed E-state index contributed by atoms with van der Waals surface area (Å²) in [5.41, 5.74) is 1.82. The molecular weight excluding hydrogens is 400 g/mol. The Hall–Kier alpha value is -2.53. The van der Waals surface area contributed by atoms with Gasteiger partial charge in [0, 0.05) is 17.6 Å². The van der Waals surface area contributed by atoms with E-state index >= 15 is 0 Å². The maximum Gasteiger partial charge on any atom is 0.261 e. The highest BCUT2D eigenvalue weighted by Crippen LogP contribution is 2.20. The summed E-state index contributed by atoms with van der Waals surface area (Å²) >= 11 is 6.11. The molecule has 1 N–H and O–H groups in total. The number of carbonyl (C=O) groups excluding carboxylic acids is 2. The summed E-state index contributed by atoms with van der Waals surface area (Å²) in [6.07, 6.45) is 4.26. The van der Waals surface area contributed by atoms with E-state index in [0.717, 1.165) is 36.8 Å². The molecule has 1 atom stereocenters. The number of amides is 2. The number of ether oxygens (including phenoxy) is 1. The first kappa shape index (κ1) is 22.2. The van der Waals surface area contributed by atoms with Crippen LogP contribution in [0.15, 0.2) is 48.5 Å². The van der Waals surface area contributed by atoms with E-state index in [4.69, 9.17) is 16.3 Å². The van der Waals surface area contributed by atoms with Crippen LogP contribution in [0.5, 0.6) is 5.75 Å².